The maximum atomic E-state index is 13.4. The molecule has 4 rings (SSSR count). The van der Waals surface area contributed by atoms with Gasteiger partial charge in [-0.25, -0.2) is 4.39 Å². The van der Waals surface area contributed by atoms with E-state index in [4.69, 9.17) is 21.1 Å². The first-order valence-corrected chi connectivity index (χ1v) is 11.0. The maximum Gasteiger partial charge on any atom is 0.258 e. The summed E-state index contributed by atoms with van der Waals surface area (Å²) in [5.74, 6) is -0.693. The number of hydrogen-bond acceptors (Lipinski definition) is 6. The molecular formula is C21H25ClFN5O4. The van der Waals surface area contributed by atoms with Gasteiger partial charge in [-0.05, 0) is 37.8 Å². The van der Waals surface area contributed by atoms with Gasteiger partial charge in [0.1, 0.15) is 18.2 Å². The van der Waals surface area contributed by atoms with E-state index in [0.717, 1.165) is 18.9 Å². The van der Waals surface area contributed by atoms with Gasteiger partial charge in [-0.2, -0.15) is 15.0 Å². The number of nitrogens with one attached hydrogen (secondary N) is 1. The molecule has 2 fully saturated rings. The fourth-order valence-corrected chi connectivity index (χ4v) is 3.93. The van der Waals surface area contributed by atoms with Gasteiger partial charge < -0.3 is 19.7 Å². The van der Waals surface area contributed by atoms with Gasteiger partial charge in [-0.3, -0.25) is 9.59 Å². The van der Waals surface area contributed by atoms with E-state index in [1.54, 1.807) is 22.1 Å². The summed E-state index contributed by atoms with van der Waals surface area (Å²) in [5, 5.41) is 11.1. The van der Waals surface area contributed by atoms with Crippen molar-refractivity contribution in [1.29, 1.82) is 0 Å². The van der Waals surface area contributed by atoms with Crippen molar-refractivity contribution in [3.63, 3.8) is 0 Å². The number of aromatic nitrogens is 3. The molecule has 0 radical (unpaired) electrons. The summed E-state index contributed by atoms with van der Waals surface area (Å²) in [6, 6.07) is 4.22. The molecule has 1 saturated heterocycles. The third-order valence-corrected chi connectivity index (χ3v) is 6.06. The highest BCUT2D eigenvalue weighted by Gasteiger charge is 2.33. The lowest BCUT2D eigenvalue weighted by atomic mass is 9.90. The second kappa shape index (κ2) is 10.3. The Bertz CT molecular complexity index is 930. The average Bonchev–Trinajstić information content (AvgIpc) is 3.28. The van der Waals surface area contributed by atoms with Gasteiger partial charge in [0, 0.05) is 25.2 Å². The van der Waals surface area contributed by atoms with Crippen molar-refractivity contribution < 1.29 is 23.5 Å². The molecule has 2 aromatic rings. The van der Waals surface area contributed by atoms with E-state index in [1.807, 2.05) is 0 Å². The first kappa shape index (κ1) is 22.5. The molecule has 32 heavy (non-hydrogen) atoms. The van der Waals surface area contributed by atoms with E-state index in [9.17, 15) is 14.0 Å². The van der Waals surface area contributed by atoms with Gasteiger partial charge >= 0.3 is 0 Å². The van der Waals surface area contributed by atoms with E-state index >= 15 is 0 Å². The van der Waals surface area contributed by atoms with Crippen molar-refractivity contribution in [3.8, 4) is 5.75 Å². The lowest BCUT2D eigenvalue weighted by Crippen LogP contribution is -2.48. The summed E-state index contributed by atoms with van der Waals surface area (Å²) in [6.45, 7) is 0.957. The molecule has 9 nitrogen and oxygen atoms in total. The van der Waals surface area contributed by atoms with Gasteiger partial charge in [-0.1, -0.05) is 11.6 Å². The molecule has 0 spiro atoms. The van der Waals surface area contributed by atoms with Crippen molar-refractivity contribution in [3.05, 3.63) is 41.4 Å². The largest absolute Gasteiger partial charge is 0.484 e. The van der Waals surface area contributed by atoms with Crippen molar-refractivity contribution in [2.75, 3.05) is 26.3 Å². The fourth-order valence-electron chi connectivity index (χ4n) is 3.82. The molecular weight excluding hydrogens is 441 g/mol. The molecule has 2 amide bonds. The monoisotopic (exact) mass is 465 g/mol. The third-order valence-electron chi connectivity index (χ3n) is 5.75. The van der Waals surface area contributed by atoms with Crippen molar-refractivity contribution >= 4 is 23.4 Å². The van der Waals surface area contributed by atoms with Crippen molar-refractivity contribution in [1.82, 2.24) is 25.2 Å². The Morgan fingerprint density at radius 1 is 1.16 bits per heavy atom. The number of ether oxygens (including phenoxy) is 2. The number of rotatable bonds is 8. The number of likely N-dealkylation sites (tertiary alicyclic amines) is 1. The van der Waals surface area contributed by atoms with Crippen LogP contribution in [-0.4, -0.2) is 70.2 Å². The number of carbonyl (C=O) groups is 2. The zero-order chi connectivity index (χ0) is 22.5. The second-order valence-corrected chi connectivity index (χ2v) is 8.40. The first-order valence-electron chi connectivity index (χ1n) is 10.6. The minimum absolute atomic E-state index is 0.00285. The Labute approximate surface area is 189 Å². The van der Waals surface area contributed by atoms with Crippen LogP contribution >= 0.6 is 11.6 Å². The summed E-state index contributed by atoms with van der Waals surface area (Å²) in [7, 11) is 0. The van der Waals surface area contributed by atoms with Crippen LogP contribution in [0.4, 0.5) is 4.39 Å². The highest BCUT2D eigenvalue weighted by molar-refractivity contribution is 6.30. The van der Waals surface area contributed by atoms with Crippen LogP contribution in [-0.2, 0) is 14.3 Å². The number of hydrogen-bond donors (Lipinski definition) is 1. The minimum atomic E-state index is -0.599. The molecule has 172 valence electrons. The van der Waals surface area contributed by atoms with Crippen LogP contribution in [0, 0.1) is 5.82 Å². The molecule has 1 saturated carbocycles. The predicted octanol–water partition coefficient (Wildman–Crippen LogP) is 1.98. The Balaban J connectivity index is 1.10. The van der Waals surface area contributed by atoms with E-state index < -0.39 is 5.82 Å². The van der Waals surface area contributed by atoms with Gasteiger partial charge in [0.2, 0.25) is 5.91 Å². The van der Waals surface area contributed by atoms with E-state index in [1.165, 1.54) is 12.1 Å². The van der Waals surface area contributed by atoms with Crippen molar-refractivity contribution in [2.45, 2.75) is 43.9 Å². The Hall–Kier alpha value is -2.72. The first-order chi connectivity index (χ1) is 15.5. The zero-order valence-corrected chi connectivity index (χ0v) is 18.2. The van der Waals surface area contributed by atoms with Gasteiger partial charge in [0.05, 0.1) is 29.6 Å². The predicted molar refractivity (Wildman–Crippen MR) is 113 cm³/mol. The Morgan fingerprint density at radius 3 is 2.56 bits per heavy atom. The molecule has 1 aromatic heterocycles. The normalized spacial score (nSPS) is 21.1. The molecule has 0 bridgehead atoms. The van der Waals surface area contributed by atoms with Crippen LogP contribution in [0.5, 0.6) is 5.75 Å². The zero-order valence-electron chi connectivity index (χ0n) is 17.5. The quantitative estimate of drug-likeness (QED) is 0.640. The van der Waals surface area contributed by atoms with Crippen molar-refractivity contribution in [2.24, 2.45) is 0 Å². The Kier molecular flexibility index (Phi) is 7.21. The average molecular weight is 466 g/mol. The molecule has 11 heteroatoms. The topological polar surface area (TPSA) is 98.6 Å². The van der Waals surface area contributed by atoms with Crippen LogP contribution in [0.2, 0.25) is 5.02 Å². The van der Waals surface area contributed by atoms with Gasteiger partial charge in [0.25, 0.3) is 5.91 Å². The van der Waals surface area contributed by atoms with E-state index in [-0.39, 0.29) is 54.0 Å². The van der Waals surface area contributed by atoms with Gasteiger partial charge in [-0.15, -0.1) is 0 Å². The van der Waals surface area contributed by atoms with E-state index in [0.29, 0.717) is 25.9 Å². The highest BCUT2D eigenvalue weighted by atomic mass is 35.5. The van der Waals surface area contributed by atoms with Crippen LogP contribution in [0.1, 0.15) is 31.7 Å². The van der Waals surface area contributed by atoms with Crippen LogP contribution < -0.4 is 10.1 Å². The smallest absolute Gasteiger partial charge is 0.258 e. The number of piperidine rings is 1. The summed E-state index contributed by atoms with van der Waals surface area (Å²) in [4.78, 5) is 28.0. The summed E-state index contributed by atoms with van der Waals surface area (Å²) < 4.78 is 24.4. The summed E-state index contributed by atoms with van der Waals surface area (Å²) in [6.07, 6.45) is 6.28. The minimum Gasteiger partial charge on any atom is -0.484 e. The van der Waals surface area contributed by atoms with Crippen LogP contribution in [0.15, 0.2) is 30.6 Å². The molecule has 1 aliphatic carbocycles. The molecule has 1 aromatic carbocycles. The number of benzene rings is 1. The lowest BCUT2D eigenvalue weighted by molar-refractivity contribution is -0.142. The standard InChI is InChI=1S/C21H25ClFN5O4/c22-18-2-1-16(11-19(18)23)31-12-20(29)26-14-3-7-27(8-4-14)21(30)13-32-17-9-15(10-17)28-24-5-6-25-28/h1-2,5-6,11,14-15,17H,3-4,7-10,12-13H2,(H,26,29)/t15-,17+. The molecule has 1 N–H and O–H groups in total. The molecule has 0 atom stereocenters. The third kappa shape index (κ3) is 5.74. The summed E-state index contributed by atoms with van der Waals surface area (Å²) in [5.41, 5.74) is 0. The molecule has 2 aliphatic rings. The number of amides is 2. The number of nitrogens with zero attached hydrogens (tertiary/aromatic N) is 4. The van der Waals surface area contributed by atoms with Crippen LogP contribution in [0.3, 0.4) is 0 Å². The Morgan fingerprint density at radius 2 is 1.88 bits per heavy atom. The van der Waals surface area contributed by atoms with E-state index in [2.05, 4.69) is 15.5 Å². The number of carbonyl (C=O) groups excluding carboxylic acids is 2. The molecule has 2 heterocycles. The molecule has 1 aliphatic heterocycles. The summed E-state index contributed by atoms with van der Waals surface area (Å²) >= 11 is 5.63. The van der Waals surface area contributed by atoms with Gasteiger partial charge in [0.15, 0.2) is 6.61 Å². The maximum absolute atomic E-state index is 13.4. The highest BCUT2D eigenvalue weighted by Crippen LogP contribution is 2.33. The fraction of sp³-hybridized carbons (Fsp3) is 0.524. The number of halogens is 2. The lowest BCUT2D eigenvalue weighted by Gasteiger charge is -2.35. The molecule has 0 unspecified atom stereocenters. The SMILES string of the molecule is O=C(COc1ccc(Cl)c(F)c1)NC1CCN(C(=O)CO[C@H]2C[C@@H](n3nccn3)C2)CC1. The second-order valence-electron chi connectivity index (χ2n) is 7.99. The van der Waals surface area contributed by atoms with Crippen LogP contribution in [0.25, 0.3) is 0 Å².